The standard InChI is InChI=1S/C22H39N3S/c1-3-5-6-7-8-9-10-11-12-13-14-15-16-17-18-26-22(25-4-2)21(19-23)20-24/h25H,3-18H2,1-2H3. The van der Waals surface area contributed by atoms with Crippen LogP contribution in [0.25, 0.3) is 0 Å². The molecule has 0 aromatic carbocycles. The fourth-order valence-electron chi connectivity index (χ4n) is 2.97. The van der Waals surface area contributed by atoms with E-state index in [0.29, 0.717) is 0 Å². The first-order valence-corrected chi connectivity index (χ1v) is 11.7. The molecule has 0 aliphatic carbocycles. The van der Waals surface area contributed by atoms with E-state index in [0.717, 1.165) is 23.7 Å². The van der Waals surface area contributed by atoms with E-state index in [1.165, 1.54) is 83.5 Å². The molecule has 0 aliphatic heterocycles. The summed E-state index contributed by atoms with van der Waals surface area (Å²) in [6, 6.07) is 3.95. The number of nitriles is 2. The lowest BCUT2D eigenvalue weighted by Crippen LogP contribution is -2.12. The number of allylic oxidation sites excluding steroid dienone is 1. The molecule has 0 amide bonds. The van der Waals surface area contributed by atoms with Crippen LogP contribution in [0.1, 0.15) is 104 Å². The molecular weight excluding hydrogens is 338 g/mol. The minimum atomic E-state index is 0.210. The van der Waals surface area contributed by atoms with Gasteiger partial charge in [0.05, 0.1) is 5.03 Å². The lowest BCUT2D eigenvalue weighted by atomic mass is 10.0. The van der Waals surface area contributed by atoms with Gasteiger partial charge in [0.25, 0.3) is 0 Å². The quantitative estimate of drug-likeness (QED) is 0.205. The van der Waals surface area contributed by atoms with E-state index in [2.05, 4.69) is 12.2 Å². The minimum absolute atomic E-state index is 0.210. The smallest absolute Gasteiger partial charge is 0.159 e. The zero-order valence-corrected chi connectivity index (χ0v) is 17.9. The first-order chi connectivity index (χ1) is 12.8. The Morgan fingerprint density at radius 1 is 0.692 bits per heavy atom. The van der Waals surface area contributed by atoms with Gasteiger partial charge in [-0.05, 0) is 19.1 Å². The summed E-state index contributed by atoms with van der Waals surface area (Å²) in [6.45, 7) is 5.00. The predicted molar refractivity (Wildman–Crippen MR) is 115 cm³/mol. The summed E-state index contributed by atoms with van der Waals surface area (Å²) in [6.07, 6.45) is 19.1. The molecule has 0 atom stereocenters. The SMILES string of the molecule is CCCCCCCCCCCCCCCCSC(NCC)=C(C#N)C#N. The molecule has 0 unspecified atom stereocenters. The lowest BCUT2D eigenvalue weighted by molar-refractivity contribution is 0.538. The molecule has 1 N–H and O–H groups in total. The average Bonchev–Trinajstić information content (AvgIpc) is 2.65. The van der Waals surface area contributed by atoms with Crippen LogP contribution in [-0.2, 0) is 0 Å². The molecule has 0 saturated carbocycles. The second-order valence-corrected chi connectivity index (χ2v) is 8.01. The van der Waals surface area contributed by atoms with Gasteiger partial charge in [-0.1, -0.05) is 90.4 Å². The molecule has 0 aromatic heterocycles. The van der Waals surface area contributed by atoms with Gasteiger partial charge in [-0.25, -0.2) is 0 Å². The van der Waals surface area contributed by atoms with Gasteiger partial charge < -0.3 is 5.32 Å². The average molecular weight is 378 g/mol. The maximum atomic E-state index is 8.96. The van der Waals surface area contributed by atoms with E-state index in [4.69, 9.17) is 10.5 Å². The fraction of sp³-hybridized carbons (Fsp3) is 0.818. The van der Waals surface area contributed by atoms with Crippen LogP contribution < -0.4 is 5.32 Å². The van der Waals surface area contributed by atoms with E-state index < -0.39 is 0 Å². The summed E-state index contributed by atoms with van der Waals surface area (Å²) in [5.41, 5.74) is 0.210. The van der Waals surface area contributed by atoms with Crippen molar-refractivity contribution in [2.24, 2.45) is 0 Å². The Labute approximate surface area is 166 Å². The topological polar surface area (TPSA) is 59.6 Å². The Morgan fingerprint density at radius 2 is 1.12 bits per heavy atom. The number of nitrogens with zero attached hydrogens (tertiary/aromatic N) is 2. The Balaban J connectivity index is 3.45. The summed E-state index contributed by atoms with van der Waals surface area (Å²) < 4.78 is 0. The van der Waals surface area contributed by atoms with Gasteiger partial charge in [0, 0.05) is 6.54 Å². The lowest BCUT2D eigenvalue weighted by Gasteiger charge is -2.08. The number of hydrogen-bond donors (Lipinski definition) is 1. The van der Waals surface area contributed by atoms with Crippen molar-refractivity contribution in [1.29, 1.82) is 10.5 Å². The number of unbranched alkanes of at least 4 members (excludes halogenated alkanes) is 13. The second-order valence-electron chi connectivity index (χ2n) is 6.90. The Morgan fingerprint density at radius 3 is 1.50 bits per heavy atom. The molecule has 0 saturated heterocycles. The zero-order valence-electron chi connectivity index (χ0n) is 17.1. The summed E-state index contributed by atoms with van der Waals surface area (Å²) in [7, 11) is 0. The van der Waals surface area contributed by atoms with Gasteiger partial charge >= 0.3 is 0 Å². The maximum Gasteiger partial charge on any atom is 0.159 e. The van der Waals surface area contributed by atoms with Crippen LogP contribution in [0.4, 0.5) is 0 Å². The monoisotopic (exact) mass is 377 g/mol. The summed E-state index contributed by atoms with van der Waals surface area (Å²) >= 11 is 1.61. The fourth-order valence-corrected chi connectivity index (χ4v) is 4.00. The molecule has 4 heteroatoms. The van der Waals surface area contributed by atoms with Crippen molar-refractivity contribution in [2.45, 2.75) is 104 Å². The van der Waals surface area contributed by atoms with Gasteiger partial charge in [0.1, 0.15) is 12.1 Å². The summed E-state index contributed by atoms with van der Waals surface area (Å²) in [5, 5.41) is 21.8. The van der Waals surface area contributed by atoms with Crippen molar-refractivity contribution >= 4 is 11.8 Å². The molecule has 0 heterocycles. The van der Waals surface area contributed by atoms with Crippen molar-refractivity contribution in [3.63, 3.8) is 0 Å². The van der Waals surface area contributed by atoms with Crippen LogP contribution in [0.15, 0.2) is 10.6 Å². The Bertz CT molecular complexity index is 416. The van der Waals surface area contributed by atoms with Crippen LogP contribution in [0.3, 0.4) is 0 Å². The highest BCUT2D eigenvalue weighted by atomic mass is 32.2. The molecule has 148 valence electrons. The van der Waals surface area contributed by atoms with Crippen LogP contribution in [0.5, 0.6) is 0 Å². The Kier molecular flexibility index (Phi) is 19.3. The molecule has 0 bridgehead atoms. The van der Waals surface area contributed by atoms with Crippen LogP contribution in [0, 0.1) is 22.7 Å². The van der Waals surface area contributed by atoms with Crippen molar-refractivity contribution in [2.75, 3.05) is 12.3 Å². The first-order valence-electron chi connectivity index (χ1n) is 10.7. The highest BCUT2D eigenvalue weighted by molar-refractivity contribution is 8.03. The third kappa shape index (κ3) is 15.2. The van der Waals surface area contributed by atoms with E-state index in [-0.39, 0.29) is 5.57 Å². The van der Waals surface area contributed by atoms with Gasteiger partial charge in [-0.2, -0.15) is 10.5 Å². The van der Waals surface area contributed by atoms with Gasteiger partial charge in [-0.15, -0.1) is 11.8 Å². The highest BCUT2D eigenvalue weighted by Gasteiger charge is 2.05. The van der Waals surface area contributed by atoms with Crippen LogP contribution in [-0.4, -0.2) is 12.3 Å². The first kappa shape index (κ1) is 24.9. The number of thioether (sulfide) groups is 1. The zero-order chi connectivity index (χ0) is 19.3. The minimum Gasteiger partial charge on any atom is -0.378 e. The van der Waals surface area contributed by atoms with Crippen molar-refractivity contribution in [1.82, 2.24) is 5.32 Å². The normalized spacial score (nSPS) is 10.2. The molecule has 3 nitrogen and oxygen atoms in total. The van der Waals surface area contributed by atoms with Crippen LogP contribution in [0.2, 0.25) is 0 Å². The molecule has 0 aromatic rings. The molecule has 0 rings (SSSR count). The molecule has 0 radical (unpaired) electrons. The molecule has 26 heavy (non-hydrogen) atoms. The van der Waals surface area contributed by atoms with E-state index in [1.807, 2.05) is 19.1 Å². The number of nitrogens with one attached hydrogen (secondary N) is 1. The van der Waals surface area contributed by atoms with Gasteiger partial charge in [-0.3, -0.25) is 0 Å². The molecule has 0 spiro atoms. The molecule has 0 fully saturated rings. The van der Waals surface area contributed by atoms with Gasteiger partial charge in [0.15, 0.2) is 5.57 Å². The van der Waals surface area contributed by atoms with Crippen molar-refractivity contribution in [3.05, 3.63) is 10.6 Å². The highest BCUT2D eigenvalue weighted by Crippen LogP contribution is 2.19. The summed E-state index contributed by atoms with van der Waals surface area (Å²) in [4.78, 5) is 0. The summed E-state index contributed by atoms with van der Waals surface area (Å²) in [5.74, 6) is 0.979. The molecule has 0 aliphatic rings. The van der Waals surface area contributed by atoms with Crippen molar-refractivity contribution in [3.8, 4) is 12.1 Å². The van der Waals surface area contributed by atoms with E-state index in [1.54, 1.807) is 11.8 Å². The predicted octanol–water partition coefficient (Wildman–Crippen LogP) is 7.07. The van der Waals surface area contributed by atoms with Gasteiger partial charge in [0.2, 0.25) is 0 Å². The van der Waals surface area contributed by atoms with E-state index in [9.17, 15) is 0 Å². The third-order valence-electron chi connectivity index (χ3n) is 4.53. The maximum absolute atomic E-state index is 8.96. The number of rotatable bonds is 18. The second kappa shape index (κ2) is 20.2. The largest absolute Gasteiger partial charge is 0.378 e. The molecular formula is C22H39N3S. The Hall–Kier alpha value is -1.13. The third-order valence-corrected chi connectivity index (χ3v) is 5.66. The van der Waals surface area contributed by atoms with Crippen LogP contribution >= 0.6 is 11.8 Å². The number of hydrogen-bond acceptors (Lipinski definition) is 4. The van der Waals surface area contributed by atoms with E-state index >= 15 is 0 Å². The van der Waals surface area contributed by atoms with Crippen molar-refractivity contribution < 1.29 is 0 Å².